The molecule has 4 aromatic rings. The van der Waals surface area contributed by atoms with E-state index in [0.717, 1.165) is 5.65 Å². The van der Waals surface area contributed by atoms with Gasteiger partial charge in [0.15, 0.2) is 9.84 Å². The van der Waals surface area contributed by atoms with Gasteiger partial charge in [-0.05, 0) is 48.0 Å². The molecule has 0 aliphatic carbocycles. The quantitative estimate of drug-likeness (QED) is 0.432. The molecule has 2 aromatic carbocycles. The van der Waals surface area contributed by atoms with E-state index in [1.807, 2.05) is 0 Å². The molecule has 0 unspecified atom stereocenters. The first-order valence-corrected chi connectivity index (χ1v) is 13.2. The molecule has 0 aliphatic heterocycles. The highest BCUT2D eigenvalue weighted by atomic mass is 32.2. The van der Waals surface area contributed by atoms with Crippen molar-refractivity contribution in [3.05, 3.63) is 90.4 Å². The molecule has 1 N–H and O–H groups in total. The van der Waals surface area contributed by atoms with Crippen LogP contribution in [-0.4, -0.2) is 37.9 Å². The average Bonchev–Trinajstić information content (AvgIpc) is 3.31. The maximum absolute atomic E-state index is 13.0. The van der Waals surface area contributed by atoms with Crippen molar-refractivity contribution in [1.82, 2.24) is 14.7 Å². The molecule has 0 radical (unpaired) electrons. The van der Waals surface area contributed by atoms with Gasteiger partial charge in [0, 0.05) is 25.1 Å². The summed E-state index contributed by atoms with van der Waals surface area (Å²) in [6.45, 7) is 1.72. The molecule has 0 bridgehead atoms. The summed E-state index contributed by atoms with van der Waals surface area (Å²) in [4.78, 5) is 16.5. The molecule has 0 spiro atoms. The normalized spacial score (nSPS) is 12.0. The largest absolute Gasteiger partial charge is 0.348 e. The first kappa shape index (κ1) is 22.7. The van der Waals surface area contributed by atoms with E-state index in [0.29, 0.717) is 11.1 Å². The lowest BCUT2D eigenvalue weighted by molar-refractivity contribution is 0.0950. The van der Waals surface area contributed by atoms with Crippen LogP contribution in [0.4, 0.5) is 0 Å². The standard InChI is InChI=1S/C23H21N3O5S2/c1-2-32(28,29)20-4-3-5-21(14-20)33(30,31)19-9-6-17(7-10-19)15-25-23(27)18-8-11-22-24-12-13-26(22)16-18/h3-14,16H,2,15H2,1H3,(H,25,27). The highest BCUT2D eigenvalue weighted by molar-refractivity contribution is 7.92. The van der Waals surface area contributed by atoms with Crippen molar-refractivity contribution >= 4 is 31.2 Å². The first-order valence-electron chi connectivity index (χ1n) is 10.1. The molecule has 0 aliphatic rings. The van der Waals surface area contributed by atoms with Gasteiger partial charge in [0.1, 0.15) is 5.65 Å². The van der Waals surface area contributed by atoms with E-state index in [1.165, 1.54) is 43.3 Å². The van der Waals surface area contributed by atoms with Gasteiger partial charge >= 0.3 is 0 Å². The fraction of sp³-hybridized carbons (Fsp3) is 0.130. The van der Waals surface area contributed by atoms with E-state index in [4.69, 9.17) is 0 Å². The summed E-state index contributed by atoms with van der Waals surface area (Å²) < 4.78 is 51.9. The molecule has 0 atom stereocenters. The third-order valence-corrected chi connectivity index (χ3v) is 8.69. The molecule has 10 heteroatoms. The smallest absolute Gasteiger partial charge is 0.253 e. The van der Waals surface area contributed by atoms with Crippen LogP contribution >= 0.6 is 0 Å². The van der Waals surface area contributed by atoms with Crippen LogP contribution in [0.1, 0.15) is 22.8 Å². The number of nitrogens with one attached hydrogen (secondary N) is 1. The van der Waals surface area contributed by atoms with Gasteiger partial charge in [0.05, 0.1) is 26.0 Å². The molecule has 0 saturated heterocycles. The summed E-state index contributed by atoms with van der Waals surface area (Å²) in [5, 5.41) is 2.80. The summed E-state index contributed by atoms with van der Waals surface area (Å²) in [6.07, 6.45) is 5.07. The molecule has 4 rings (SSSR count). The number of sulfone groups is 2. The summed E-state index contributed by atoms with van der Waals surface area (Å²) in [6, 6.07) is 14.9. The minimum Gasteiger partial charge on any atom is -0.348 e. The van der Waals surface area contributed by atoms with E-state index in [9.17, 15) is 21.6 Å². The molecule has 170 valence electrons. The average molecular weight is 484 g/mol. The van der Waals surface area contributed by atoms with Crippen molar-refractivity contribution in [3.8, 4) is 0 Å². The minimum absolute atomic E-state index is 0.0284. The molecule has 0 fully saturated rings. The van der Waals surface area contributed by atoms with Crippen LogP contribution in [0.2, 0.25) is 0 Å². The lowest BCUT2D eigenvalue weighted by Crippen LogP contribution is -2.23. The second-order valence-electron chi connectivity index (χ2n) is 7.32. The number of benzene rings is 2. The summed E-state index contributed by atoms with van der Waals surface area (Å²) in [5.74, 6) is -0.385. The van der Waals surface area contributed by atoms with E-state index >= 15 is 0 Å². The summed E-state index contributed by atoms with van der Waals surface area (Å²) in [7, 11) is -7.42. The van der Waals surface area contributed by atoms with Gasteiger partial charge in [-0.2, -0.15) is 0 Å². The maximum Gasteiger partial charge on any atom is 0.253 e. The van der Waals surface area contributed by atoms with Gasteiger partial charge in [-0.3, -0.25) is 4.79 Å². The van der Waals surface area contributed by atoms with Gasteiger partial charge in [0.25, 0.3) is 5.91 Å². The highest BCUT2D eigenvalue weighted by Gasteiger charge is 2.21. The fourth-order valence-electron chi connectivity index (χ4n) is 3.26. The van der Waals surface area contributed by atoms with Crippen LogP contribution in [0.25, 0.3) is 5.65 Å². The van der Waals surface area contributed by atoms with Gasteiger partial charge in [-0.15, -0.1) is 0 Å². The first-order chi connectivity index (χ1) is 15.7. The number of rotatable bonds is 7. The van der Waals surface area contributed by atoms with Crippen LogP contribution in [-0.2, 0) is 26.2 Å². The van der Waals surface area contributed by atoms with E-state index in [-0.39, 0.29) is 32.9 Å². The van der Waals surface area contributed by atoms with Gasteiger partial charge in [-0.1, -0.05) is 25.1 Å². The van der Waals surface area contributed by atoms with Crippen LogP contribution in [0, 0.1) is 0 Å². The maximum atomic E-state index is 13.0. The number of fused-ring (bicyclic) bond motifs is 1. The predicted octanol–water partition coefficient (Wildman–Crippen LogP) is 2.89. The van der Waals surface area contributed by atoms with Gasteiger partial charge < -0.3 is 9.72 Å². The number of hydrogen-bond donors (Lipinski definition) is 1. The number of aromatic nitrogens is 2. The molecule has 33 heavy (non-hydrogen) atoms. The van der Waals surface area contributed by atoms with E-state index in [1.54, 1.807) is 47.3 Å². The number of carbonyl (C=O) groups excluding carboxylic acids is 1. The zero-order valence-corrected chi connectivity index (χ0v) is 19.3. The predicted molar refractivity (Wildman–Crippen MR) is 122 cm³/mol. The summed E-state index contributed by atoms with van der Waals surface area (Å²) >= 11 is 0. The lowest BCUT2D eigenvalue weighted by Gasteiger charge is -2.09. The molecule has 8 nitrogen and oxygen atoms in total. The van der Waals surface area contributed by atoms with Crippen molar-refractivity contribution in [2.24, 2.45) is 0 Å². The zero-order chi connectivity index (χ0) is 23.6. The Morgan fingerprint density at radius 3 is 2.39 bits per heavy atom. The monoisotopic (exact) mass is 483 g/mol. The summed E-state index contributed by atoms with van der Waals surface area (Å²) in [5.41, 5.74) is 1.93. The van der Waals surface area contributed by atoms with Crippen molar-refractivity contribution in [2.45, 2.75) is 28.2 Å². The van der Waals surface area contributed by atoms with Crippen molar-refractivity contribution < 1.29 is 21.6 Å². The van der Waals surface area contributed by atoms with Gasteiger partial charge in [0.2, 0.25) is 9.84 Å². The Morgan fingerprint density at radius 2 is 1.67 bits per heavy atom. The highest BCUT2D eigenvalue weighted by Crippen LogP contribution is 2.24. The molecular weight excluding hydrogens is 462 g/mol. The third-order valence-electron chi connectivity index (χ3n) is 5.19. The topological polar surface area (TPSA) is 115 Å². The van der Waals surface area contributed by atoms with Crippen LogP contribution in [0.3, 0.4) is 0 Å². The van der Waals surface area contributed by atoms with Crippen molar-refractivity contribution in [2.75, 3.05) is 5.75 Å². The van der Waals surface area contributed by atoms with E-state index < -0.39 is 19.7 Å². The minimum atomic E-state index is -3.90. The zero-order valence-electron chi connectivity index (χ0n) is 17.7. The Hall–Kier alpha value is -3.50. The van der Waals surface area contributed by atoms with E-state index in [2.05, 4.69) is 10.3 Å². The second kappa shape index (κ2) is 8.80. The van der Waals surface area contributed by atoms with Gasteiger partial charge in [-0.25, -0.2) is 21.8 Å². The van der Waals surface area contributed by atoms with Crippen LogP contribution in [0.15, 0.2) is 93.9 Å². The number of hydrogen-bond acceptors (Lipinski definition) is 6. The second-order valence-corrected chi connectivity index (χ2v) is 11.5. The molecule has 2 heterocycles. The molecule has 1 amide bonds. The molecule has 2 aromatic heterocycles. The van der Waals surface area contributed by atoms with Crippen molar-refractivity contribution in [3.63, 3.8) is 0 Å². The Labute approximate surface area is 191 Å². The number of amides is 1. The number of pyridine rings is 1. The Kier molecular flexibility index (Phi) is 6.05. The molecular formula is C23H21N3O5S2. The Morgan fingerprint density at radius 1 is 0.939 bits per heavy atom. The fourth-order valence-corrected chi connectivity index (χ4v) is 5.57. The SMILES string of the molecule is CCS(=O)(=O)c1cccc(S(=O)(=O)c2ccc(CNC(=O)c3ccc4nccn4c3)cc2)c1. The number of imidazole rings is 1. The third kappa shape index (κ3) is 4.67. The molecule has 0 saturated carbocycles. The Balaban J connectivity index is 1.48. The lowest BCUT2D eigenvalue weighted by atomic mass is 10.2. The van der Waals surface area contributed by atoms with Crippen LogP contribution in [0.5, 0.6) is 0 Å². The van der Waals surface area contributed by atoms with Crippen LogP contribution < -0.4 is 5.32 Å². The Bertz CT molecular complexity index is 1540. The number of nitrogens with zero attached hydrogens (tertiary/aromatic N) is 2. The number of carbonyl (C=O) groups is 1. The van der Waals surface area contributed by atoms with Crippen molar-refractivity contribution in [1.29, 1.82) is 0 Å².